The number of aromatic nitrogens is 2. The molecule has 3 rings (SSSR count). The van der Waals surface area contributed by atoms with Crippen LogP contribution in [-0.4, -0.2) is 40.2 Å². The van der Waals surface area contributed by atoms with Crippen LogP contribution in [0.15, 0.2) is 50.8 Å². The van der Waals surface area contributed by atoms with Gasteiger partial charge in [-0.05, 0) is 43.7 Å². The molecule has 0 fully saturated rings. The maximum atomic E-state index is 13.3. The molecule has 0 amide bonds. The van der Waals surface area contributed by atoms with Crippen molar-refractivity contribution in [2.24, 2.45) is 5.10 Å². The number of carbonyl (C=O) groups is 1. The average molecular weight is 502 g/mol. The Morgan fingerprint density at radius 2 is 2.06 bits per heavy atom. The lowest BCUT2D eigenvalue weighted by molar-refractivity contribution is -0.144. The van der Waals surface area contributed by atoms with Gasteiger partial charge in [0.05, 0.1) is 24.2 Å². The summed E-state index contributed by atoms with van der Waals surface area (Å²) in [4.78, 5) is 29.2. The molecule has 1 heterocycles. The van der Waals surface area contributed by atoms with Gasteiger partial charge in [0.15, 0.2) is 17.6 Å². The van der Waals surface area contributed by atoms with Crippen LogP contribution in [0.25, 0.3) is 10.9 Å². The molecule has 2 atom stereocenters. The third-order valence-electron chi connectivity index (χ3n) is 5.07. The first-order valence-electron chi connectivity index (χ1n) is 10.1. The highest BCUT2D eigenvalue weighted by atomic mass is 79.9. The lowest BCUT2D eigenvalue weighted by Crippen LogP contribution is -2.24. The number of rotatable bonds is 8. The summed E-state index contributed by atoms with van der Waals surface area (Å²) in [7, 11) is 1.46. The highest BCUT2D eigenvalue weighted by molar-refractivity contribution is 9.10. The minimum atomic E-state index is -1.11. The van der Waals surface area contributed by atoms with E-state index >= 15 is 0 Å². The largest absolute Gasteiger partial charge is 0.493 e. The SMILES string of the molecule is CC[C@H](C)c1nc2ccc(Br)cc2c(=O)n1N=Cc1cccc(OC)c1O[C@H](C)C(=O)O. The molecule has 0 aliphatic carbocycles. The standard InChI is InChI=1S/C23H24BrN3O5/c1-5-13(2)21-26-18-10-9-16(24)11-17(18)22(28)27(21)25-12-15-7-6-8-19(31-4)20(15)32-14(3)23(29)30/h6-14H,5H2,1-4H3,(H,29,30)/t13-,14+/m0/s1. The van der Waals surface area contributed by atoms with E-state index in [1.807, 2.05) is 19.9 Å². The summed E-state index contributed by atoms with van der Waals surface area (Å²) in [5, 5.41) is 14.1. The van der Waals surface area contributed by atoms with E-state index in [9.17, 15) is 14.7 Å². The van der Waals surface area contributed by atoms with Crippen molar-refractivity contribution < 1.29 is 19.4 Å². The maximum Gasteiger partial charge on any atom is 0.344 e. The van der Waals surface area contributed by atoms with E-state index in [0.717, 1.165) is 10.9 Å². The lowest BCUT2D eigenvalue weighted by Gasteiger charge is -2.16. The Morgan fingerprint density at radius 3 is 2.72 bits per heavy atom. The summed E-state index contributed by atoms with van der Waals surface area (Å²) in [5.41, 5.74) is 0.765. The van der Waals surface area contributed by atoms with Crippen molar-refractivity contribution in [3.8, 4) is 11.5 Å². The molecule has 3 aromatic rings. The number of hydrogen-bond donors (Lipinski definition) is 1. The molecule has 168 valence electrons. The molecule has 2 aromatic carbocycles. The molecule has 32 heavy (non-hydrogen) atoms. The van der Waals surface area contributed by atoms with Crippen LogP contribution in [0, 0.1) is 0 Å². The van der Waals surface area contributed by atoms with Gasteiger partial charge in [-0.2, -0.15) is 9.78 Å². The van der Waals surface area contributed by atoms with Gasteiger partial charge in [-0.3, -0.25) is 4.79 Å². The Balaban J connectivity index is 2.17. The van der Waals surface area contributed by atoms with Crippen molar-refractivity contribution in [2.75, 3.05) is 7.11 Å². The second-order valence-electron chi connectivity index (χ2n) is 7.28. The molecule has 0 spiro atoms. The molecule has 1 N–H and O–H groups in total. The van der Waals surface area contributed by atoms with Gasteiger partial charge >= 0.3 is 5.97 Å². The maximum absolute atomic E-state index is 13.3. The van der Waals surface area contributed by atoms with Gasteiger partial charge in [-0.15, -0.1) is 0 Å². The fourth-order valence-electron chi connectivity index (χ4n) is 3.05. The van der Waals surface area contributed by atoms with Crippen LogP contribution >= 0.6 is 15.9 Å². The van der Waals surface area contributed by atoms with Crippen molar-refractivity contribution in [1.29, 1.82) is 0 Å². The molecule has 0 bridgehead atoms. The second kappa shape index (κ2) is 9.95. The highest BCUT2D eigenvalue weighted by Gasteiger charge is 2.19. The fourth-order valence-corrected chi connectivity index (χ4v) is 3.41. The molecular formula is C23H24BrN3O5. The highest BCUT2D eigenvalue weighted by Crippen LogP contribution is 2.31. The van der Waals surface area contributed by atoms with E-state index in [2.05, 4.69) is 26.0 Å². The van der Waals surface area contributed by atoms with Crippen LogP contribution in [0.4, 0.5) is 0 Å². The van der Waals surface area contributed by atoms with Crippen LogP contribution in [0.5, 0.6) is 11.5 Å². The topological polar surface area (TPSA) is 103 Å². The first kappa shape index (κ1) is 23.5. The van der Waals surface area contributed by atoms with E-state index in [-0.39, 0.29) is 17.2 Å². The van der Waals surface area contributed by atoms with E-state index in [0.29, 0.717) is 28.0 Å². The molecule has 0 saturated carbocycles. The van der Waals surface area contributed by atoms with Crippen molar-refractivity contribution in [3.05, 3.63) is 62.6 Å². The number of carboxylic acids is 1. The van der Waals surface area contributed by atoms with Crippen LogP contribution in [0.2, 0.25) is 0 Å². The number of benzene rings is 2. The van der Waals surface area contributed by atoms with E-state index < -0.39 is 12.1 Å². The Hall–Kier alpha value is -3.20. The minimum absolute atomic E-state index is 0.0130. The van der Waals surface area contributed by atoms with Gasteiger partial charge in [-0.25, -0.2) is 9.78 Å². The first-order valence-corrected chi connectivity index (χ1v) is 10.9. The van der Waals surface area contributed by atoms with E-state index in [1.54, 1.807) is 30.3 Å². The van der Waals surface area contributed by atoms with Crippen LogP contribution < -0.4 is 15.0 Å². The van der Waals surface area contributed by atoms with Gasteiger partial charge in [0.1, 0.15) is 5.82 Å². The predicted molar refractivity (Wildman–Crippen MR) is 126 cm³/mol. The number of para-hydroxylation sites is 1. The summed E-state index contributed by atoms with van der Waals surface area (Å²) >= 11 is 3.40. The molecule has 9 heteroatoms. The quantitative estimate of drug-likeness (QED) is 0.458. The van der Waals surface area contributed by atoms with Gasteiger partial charge in [0.25, 0.3) is 5.56 Å². The molecule has 1 aromatic heterocycles. The van der Waals surface area contributed by atoms with Crippen LogP contribution in [0.3, 0.4) is 0 Å². The molecule has 0 aliphatic rings. The summed E-state index contributed by atoms with van der Waals surface area (Å²) < 4.78 is 13.0. The third-order valence-corrected chi connectivity index (χ3v) is 5.56. The number of nitrogens with zero attached hydrogens (tertiary/aromatic N) is 3. The van der Waals surface area contributed by atoms with Crippen LogP contribution in [-0.2, 0) is 4.79 Å². The molecule has 0 radical (unpaired) electrons. The predicted octanol–water partition coefficient (Wildman–Crippen LogP) is 4.42. The number of hydrogen-bond acceptors (Lipinski definition) is 6. The van der Waals surface area contributed by atoms with E-state index in [4.69, 9.17) is 9.47 Å². The van der Waals surface area contributed by atoms with E-state index in [1.165, 1.54) is 24.9 Å². The van der Waals surface area contributed by atoms with Crippen molar-refractivity contribution >= 4 is 39.0 Å². The average Bonchev–Trinajstić information content (AvgIpc) is 2.78. The zero-order valence-corrected chi connectivity index (χ0v) is 19.8. The summed E-state index contributed by atoms with van der Waals surface area (Å²) in [6.45, 7) is 5.41. The number of carboxylic acid groups (broad SMARTS) is 1. The summed E-state index contributed by atoms with van der Waals surface area (Å²) in [6.07, 6.45) is 1.12. The Kier molecular flexibility index (Phi) is 7.29. The van der Waals surface area contributed by atoms with Gasteiger partial charge in [0, 0.05) is 16.0 Å². The number of halogens is 1. The third kappa shape index (κ3) is 4.83. The molecular weight excluding hydrogens is 478 g/mol. The number of ether oxygens (including phenoxy) is 2. The first-order chi connectivity index (χ1) is 15.3. The number of fused-ring (bicyclic) bond motifs is 1. The summed E-state index contributed by atoms with van der Waals surface area (Å²) in [5.74, 6) is -0.00688. The van der Waals surface area contributed by atoms with Crippen molar-refractivity contribution in [3.63, 3.8) is 0 Å². The molecule has 8 nitrogen and oxygen atoms in total. The Bertz CT molecular complexity index is 1240. The summed E-state index contributed by atoms with van der Waals surface area (Å²) in [6, 6.07) is 10.4. The Morgan fingerprint density at radius 1 is 1.31 bits per heavy atom. The number of methoxy groups -OCH3 is 1. The number of aliphatic carboxylic acids is 1. The normalized spacial score (nSPS) is 13.3. The van der Waals surface area contributed by atoms with Gasteiger partial charge in [0.2, 0.25) is 0 Å². The zero-order valence-electron chi connectivity index (χ0n) is 18.2. The van der Waals surface area contributed by atoms with Gasteiger partial charge in [-0.1, -0.05) is 35.8 Å². The fraction of sp³-hybridized carbons (Fsp3) is 0.304. The van der Waals surface area contributed by atoms with Crippen molar-refractivity contribution in [2.45, 2.75) is 39.2 Å². The smallest absolute Gasteiger partial charge is 0.344 e. The monoisotopic (exact) mass is 501 g/mol. The molecule has 0 aliphatic heterocycles. The molecule has 0 unspecified atom stereocenters. The minimum Gasteiger partial charge on any atom is -0.493 e. The lowest BCUT2D eigenvalue weighted by atomic mass is 10.1. The Labute approximate surface area is 193 Å². The zero-order chi connectivity index (χ0) is 23.4. The van der Waals surface area contributed by atoms with Crippen molar-refractivity contribution in [1.82, 2.24) is 9.66 Å². The molecule has 0 saturated heterocycles. The van der Waals surface area contributed by atoms with Gasteiger partial charge < -0.3 is 14.6 Å². The van der Waals surface area contributed by atoms with Crippen LogP contribution in [0.1, 0.15) is 44.5 Å². The second-order valence-corrected chi connectivity index (χ2v) is 8.19.